The highest BCUT2D eigenvalue weighted by molar-refractivity contribution is 7.92. The molecule has 14 heteroatoms. The van der Waals surface area contributed by atoms with E-state index in [0.717, 1.165) is 59.6 Å². The van der Waals surface area contributed by atoms with E-state index in [1.165, 1.54) is 0 Å². The Morgan fingerprint density at radius 2 is 1.61 bits per heavy atom. The lowest BCUT2D eigenvalue weighted by molar-refractivity contribution is 0.0763. The number of carbonyl (C=O) groups is 1. The van der Waals surface area contributed by atoms with E-state index in [0.29, 0.717) is 47.4 Å². The number of likely N-dealkylation sites (N-methyl/N-ethyl adjacent to an activating group) is 1. The SMILES string of the molecule is CC(C)[Si](OCC1(c2nnc3ccc(O[C@@H]4CC[C@H](NC(=O)Nc5cc(NS(C)(=O)=O)cc(C(C)(C)C)c5)c5ccccc54)cn23)CCCN1C)(C(C)C)C(C)C. The van der Waals surface area contributed by atoms with Gasteiger partial charge in [-0.1, -0.05) is 86.6 Å². The van der Waals surface area contributed by atoms with Crippen molar-refractivity contribution in [2.75, 3.05) is 36.5 Å². The molecule has 4 aromatic rings. The Kier molecular flexibility index (Phi) is 12.2. The number of nitrogens with zero attached hydrogens (tertiary/aromatic N) is 4. The van der Waals surface area contributed by atoms with Crippen molar-refractivity contribution in [3.05, 3.63) is 83.3 Å². The first-order chi connectivity index (χ1) is 26.7. The normalized spacial score (nSPS) is 20.7. The van der Waals surface area contributed by atoms with Crippen molar-refractivity contribution in [2.24, 2.45) is 0 Å². The number of urea groups is 1. The van der Waals surface area contributed by atoms with Crippen molar-refractivity contribution < 1.29 is 22.4 Å². The van der Waals surface area contributed by atoms with Crippen LogP contribution in [-0.2, 0) is 25.4 Å². The maximum absolute atomic E-state index is 13.5. The summed E-state index contributed by atoms with van der Waals surface area (Å²) < 4.78 is 42.8. The van der Waals surface area contributed by atoms with Gasteiger partial charge in [0, 0.05) is 5.69 Å². The van der Waals surface area contributed by atoms with Crippen LogP contribution in [0.2, 0.25) is 16.6 Å². The van der Waals surface area contributed by atoms with Gasteiger partial charge in [0.25, 0.3) is 0 Å². The molecule has 2 aromatic carbocycles. The predicted octanol–water partition coefficient (Wildman–Crippen LogP) is 9.29. The summed E-state index contributed by atoms with van der Waals surface area (Å²) in [7, 11) is -3.47. The summed E-state index contributed by atoms with van der Waals surface area (Å²) in [6.07, 6.45) is 6.25. The predicted molar refractivity (Wildman–Crippen MR) is 231 cm³/mol. The van der Waals surface area contributed by atoms with Crippen molar-refractivity contribution in [1.29, 1.82) is 0 Å². The molecule has 12 nitrogen and oxygen atoms in total. The highest BCUT2D eigenvalue weighted by Gasteiger charge is 2.50. The number of aromatic nitrogens is 3. The van der Waals surface area contributed by atoms with E-state index >= 15 is 0 Å². The number of hydrogen-bond donors (Lipinski definition) is 3. The molecule has 57 heavy (non-hydrogen) atoms. The second-order valence-corrected chi connectivity index (χ2v) is 25.4. The average Bonchev–Trinajstić information content (AvgIpc) is 3.71. The molecule has 1 unspecified atom stereocenters. The number of amides is 2. The Labute approximate surface area is 340 Å². The standard InChI is InChI=1S/C43H63N7O5SSi/c1-28(2)57(29(3)4,30(5)6)54-27-43(21-14-22-49(43)10)40-47-46-39-20-17-34(26-50(39)40)55-38-19-18-37(35-15-12-13-16-36(35)38)45-41(51)44-32-23-31(42(7,8)9)24-33(25-32)48-56(11,52)53/h12-13,15-17,20,23-26,28-30,37-38,48H,14,18-19,21-22,27H2,1-11H3,(H2,44,45,51)/t37-,38+,43?/m0/s1. The second kappa shape index (κ2) is 16.3. The largest absolute Gasteiger partial charge is 0.484 e. The lowest BCUT2D eigenvalue weighted by atomic mass is 9.85. The third kappa shape index (κ3) is 8.89. The molecule has 2 aliphatic rings. The van der Waals surface area contributed by atoms with Gasteiger partial charge in [0.05, 0.1) is 30.8 Å². The molecule has 3 atom stereocenters. The topological polar surface area (TPSA) is 139 Å². The molecule has 3 N–H and O–H groups in total. The number of hydrogen-bond acceptors (Lipinski definition) is 8. The Balaban J connectivity index is 1.22. The minimum absolute atomic E-state index is 0.228. The summed E-state index contributed by atoms with van der Waals surface area (Å²) in [4.78, 5) is 15.9. The van der Waals surface area contributed by atoms with Crippen molar-refractivity contribution in [3.63, 3.8) is 0 Å². The van der Waals surface area contributed by atoms with E-state index in [-0.39, 0.29) is 23.6 Å². The van der Waals surface area contributed by atoms with Gasteiger partial charge in [0.2, 0.25) is 10.0 Å². The molecule has 0 saturated carbocycles. The summed E-state index contributed by atoms with van der Waals surface area (Å²) in [5, 5.41) is 15.6. The Morgan fingerprint density at radius 1 is 0.947 bits per heavy atom. The number of sulfonamides is 1. The van der Waals surface area contributed by atoms with Gasteiger partial charge >= 0.3 is 6.03 Å². The third-order valence-electron chi connectivity index (χ3n) is 12.3. The van der Waals surface area contributed by atoms with Gasteiger partial charge in [-0.3, -0.25) is 14.0 Å². The summed E-state index contributed by atoms with van der Waals surface area (Å²) in [6, 6.07) is 16.7. The van der Waals surface area contributed by atoms with E-state index < -0.39 is 23.9 Å². The van der Waals surface area contributed by atoms with Crippen LogP contribution in [0.5, 0.6) is 5.75 Å². The van der Waals surface area contributed by atoms with Crippen LogP contribution >= 0.6 is 0 Å². The Morgan fingerprint density at radius 3 is 2.23 bits per heavy atom. The van der Waals surface area contributed by atoms with Gasteiger partial charge in [-0.15, -0.1) is 10.2 Å². The molecule has 3 heterocycles. The molecule has 6 rings (SSSR count). The number of benzene rings is 2. The third-order valence-corrected chi connectivity index (χ3v) is 18.9. The number of ether oxygens (including phenoxy) is 1. The molecular formula is C43H63N7O5SSi. The molecule has 1 aliphatic heterocycles. The quantitative estimate of drug-likeness (QED) is 0.114. The van der Waals surface area contributed by atoms with Crippen LogP contribution in [0.3, 0.4) is 0 Å². The van der Waals surface area contributed by atoms with Crippen LogP contribution in [0.4, 0.5) is 16.2 Å². The van der Waals surface area contributed by atoms with Gasteiger partial charge in [-0.05, 0) is 108 Å². The fourth-order valence-corrected chi connectivity index (χ4v) is 15.5. The van der Waals surface area contributed by atoms with Gasteiger partial charge in [-0.25, -0.2) is 13.2 Å². The minimum atomic E-state index is -3.51. The van der Waals surface area contributed by atoms with Gasteiger partial charge in [0.15, 0.2) is 19.8 Å². The number of fused-ring (bicyclic) bond motifs is 2. The number of nitrogens with one attached hydrogen (secondary N) is 3. The van der Waals surface area contributed by atoms with E-state index in [9.17, 15) is 13.2 Å². The van der Waals surface area contributed by atoms with Crippen molar-refractivity contribution in [2.45, 2.75) is 128 Å². The van der Waals surface area contributed by atoms with Gasteiger partial charge in [0.1, 0.15) is 17.4 Å². The van der Waals surface area contributed by atoms with E-state index in [4.69, 9.17) is 14.3 Å². The van der Waals surface area contributed by atoms with Crippen LogP contribution in [-0.4, -0.2) is 68.7 Å². The molecule has 0 radical (unpaired) electrons. The Hall–Kier alpha value is -3.98. The molecule has 0 bridgehead atoms. The van der Waals surface area contributed by atoms with E-state index in [2.05, 4.69) is 84.4 Å². The smallest absolute Gasteiger partial charge is 0.319 e. The van der Waals surface area contributed by atoms with Gasteiger partial charge in [-0.2, -0.15) is 0 Å². The highest BCUT2D eigenvalue weighted by Crippen LogP contribution is 2.46. The number of likely N-dealkylation sites (tertiary alicyclic amines) is 1. The van der Waals surface area contributed by atoms with Gasteiger partial charge < -0.3 is 19.8 Å². The molecule has 2 amide bonds. The number of pyridine rings is 1. The summed E-state index contributed by atoms with van der Waals surface area (Å²) in [5.41, 5.74) is 5.30. The van der Waals surface area contributed by atoms with Crippen LogP contribution < -0.4 is 20.1 Å². The fraction of sp³-hybridized carbons (Fsp3) is 0.558. The van der Waals surface area contributed by atoms with Crippen LogP contribution in [0.15, 0.2) is 60.8 Å². The molecule has 1 aliphatic carbocycles. The zero-order chi connectivity index (χ0) is 41.5. The zero-order valence-electron chi connectivity index (χ0n) is 35.6. The summed E-state index contributed by atoms with van der Waals surface area (Å²) in [6.45, 7) is 21.6. The fourth-order valence-electron chi connectivity index (χ4n) is 9.46. The van der Waals surface area contributed by atoms with Crippen molar-refractivity contribution in [3.8, 4) is 5.75 Å². The lowest BCUT2D eigenvalue weighted by Gasteiger charge is -2.45. The highest BCUT2D eigenvalue weighted by atomic mass is 32.2. The average molecular weight is 818 g/mol. The first kappa shape index (κ1) is 42.6. The number of anilines is 2. The van der Waals surface area contributed by atoms with Crippen molar-refractivity contribution >= 4 is 41.4 Å². The van der Waals surface area contributed by atoms with Crippen LogP contribution in [0.25, 0.3) is 5.65 Å². The maximum atomic E-state index is 13.5. The van der Waals surface area contributed by atoms with Crippen LogP contribution in [0.1, 0.15) is 123 Å². The minimum Gasteiger partial charge on any atom is -0.484 e. The van der Waals surface area contributed by atoms with Crippen molar-refractivity contribution in [1.82, 2.24) is 24.8 Å². The summed E-state index contributed by atoms with van der Waals surface area (Å²) >= 11 is 0. The molecule has 2 aromatic heterocycles. The second-order valence-electron chi connectivity index (χ2n) is 18.2. The van der Waals surface area contributed by atoms with Crippen LogP contribution in [0, 0.1) is 0 Å². The van der Waals surface area contributed by atoms with E-state index in [1.807, 2.05) is 63.4 Å². The molecular weight excluding hydrogens is 755 g/mol. The first-order valence-electron chi connectivity index (χ1n) is 20.4. The Bertz CT molecular complexity index is 2160. The van der Waals surface area contributed by atoms with E-state index in [1.54, 1.807) is 12.1 Å². The molecule has 310 valence electrons. The maximum Gasteiger partial charge on any atom is 0.319 e. The lowest BCUT2D eigenvalue weighted by Crippen LogP contribution is -2.53. The first-order valence-corrected chi connectivity index (χ1v) is 24.4. The number of rotatable bonds is 13. The molecule has 0 spiro atoms. The zero-order valence-corrected chi connectivity index (χ0v) is 37.5. The molecule has 1 fully saturated rings. The number of carbonyl (C=O) groups excluding carboxylic acids is 1. The molecule has 1 saturated heterocycles. The monoisotopic (exact) mass is 817 g/mol. The summed E-state index contributed by atoms with van der Waals surface area (Å²) in [5.74, 6) is 1.60.